The Kier molecular flexibility index (Phi) is 6.31. The summed E-state index contributed by atoms with van der Waals surface area (Å²) >= 11 is 1.95. The van der Waals surface area contributed by atoms with E-state index >= 15 is 0 Å². The number of sulfonamides is 1. The number of hydrogen-bond acceptors (Lipinski definition) is 7. The van der Waals surface area contributed by atoms with Crippen molar-refractivity contribution in [3.8, 4) is 17.9 Å². The summed E-state index contributed by atoms with van der Waals surface area (Å²) in [5, 5.41) is 38.5. The molecule has 0 saturated carbocycles. The molecule has 1 aliphatic rings. The van der Waals surface area contributed by atoms with Crippen LogP contribution in [0.2, 0.25) is 0 Å². The monoisotopic (exact) mass is 543 g/mol. The Bertz CT molecular complexity index is 1180. The van der Waals surface area contributed by atoms with Crippen LogP contribution in [-0.4, -0.2) is 54.3 Å². The Morgan fingerprint density at radius 2 is 1.93 bits per heavy atom. The van der Waals surface area contributed by atoms with E-state index in [9.17, 15) is 28.3 Å². The highest BCUT2D eigenvalue weighted by Crippen LogP contribution is 2.32. The van der Waals surface area contributed by atoms with Gasteiger partial charge in [-0.3, -0.25) is 0 Å². The van der Waals surface area contributed by atoms with Gasteiger partial charge in [-0.25, -0.2) is 12.8 Å². The third-order valence-corrected chi connectivity index (χ3v) is 7.25. The topological polar surface area (TPSA) is 135 Å². The lowest BCUT2D eigenvalue weighted by Gasteiger charge is -2.27. The van der Waals surface area contributed by atoms with E-state index in [1.807, 2.05) is 28.7 Å². The minimum absolute atomic E-state index is 0.0328. The van der Waals surface area contributed by atoms with Gasteiger partial charge in [0.25, 0.3) is 0 Å². The van der Waals surface area contributed by atoms with E-state index in [1.54, 1.807) is 6.07 Å². The maximum atomic E-state index is 13.9. The minimum Gasteiger partial charge on any atom is -0.486 e. The molecule has 1 aliphatic heterocycles. The molecule has 0 radical (unpaired) electrons. The van der Waals surface area contributed by atoms with Gasteiger partial charge in [0.15, 0.2) is 0 Å². The zero-order chi connectivity index (χ0) is 22.1. The first-order chi connectivity index (χ1) is 14.1. The first-order valence-electron chi connectivity index (χ1n) is 8.54. The number of ether oxygens (including phenoxy) is 1. The number of nitrogens with zero attached hydrogens (tertiary/aromatic N) is 3. The summed E-state index contributed by atoms with van der Waals surface area (Å²) in [6, 6.07) is 11.2. The smallest absolute Gasteiger partial charge is 0.244 e. The van der Waals surface area contributed by atoms with Crippen molar-refractivity contribution in [3.63, 3.8) is 0 Å². The van der Waals surface area contributed by atoms with Crippen LogP contribution in [0, 0.1) is 32.0 Å². The molecule has 1 fully saturated rings. The molecule has 0 amide bonds. The van der Waals surface area contributed by atoms with Crippen LogP contribution >= 0.6 is 22.6 Å². The highest BCUT2D eigenvalue weighted by atomic mass is 127. The summed E-state index contributed by atoms with van der Waals surface area (Å²) in [5.41, 5.74) is -2.20. The Hall–Kier alpha value is -2.29. The van der Waals surface area contributed by atoms with Crippen LogP contribution in [0.5, 0.6) is 5.75 Å². The van der Waals surface area contributed by atoms with E-state index < -0.39 is 40.7 Å². The average Bonchev–Trinajstić information content (AvgIpc) is 3.05. The van der Waals surface area contributed by atoms with Crippen molar-refractivity contribution >= 4 is 32.6 Å². The van der Waals surface area contributed by atoms with Gasteiger partial charge in [-0.15, -0.1) is 0 Å². The fraction of sp³-hybridized carbons (Fsp3) is 0.263. The van der Waals surface area contributed by atoms with Gasteiger partial charge >= 0.3 is 0 Å². The van der Waals surface area contributed by atoms with Crippen LogP contribution in [0.15, 0.2) is 41.3 Å². The van der Waals surface area contributed by atoms with E-state index in [0.29, 0.717) is 3.57 Å². The van der Waals surface area contributed by atoms with Gasteiger partial charge in [0.05, 0.1) is 24.3 Å². The molecule has 0 aromatic heterocycles. The Balaban J connectivity index is 1.92. The number of nitriles is 2. The van der Waals surface area contributed by atoms with Crippen molar-refractivity contribution in [2.75, 3.05) is 19.7 Å². The van der Waals surface area contributed by atoms with Gasteiger partial charge in [-0.05, 0) is 52.9 Å². The van der Waals surface area contributed by atoms with Crippen molar-refractivity contribution in [1.82, 2.24) is 4.31 Å². The number of aliphatic hydroxyl groups is 2. The molecule has 0 unspecified atom stereocenters. The summed E-state index contributed by atoms with van der Waals surface area (Å²) in [6.07, 6.45) is -1.21. The van der Waals surface area contributed by atoms with E-state index in [2.05, 4.69) is 0 Å². The summed E-state index contributed by atoms with van der Waals surface area (Å²) in [4.78, 5) is -0.226. The molecule has 1 heterocycles. The third kappa shape index (κ3) is 4.12. The molecule has 2 atom stereocenters. The highest BCUT2D eigenvalue weighted by molar-refractivity contribution is 14.1. The van der Waals surface area contributed by atoms with Gasteiger partial charge in [0, 0.05) is 16.2 Å². The number of rotatable bonds is 5. The standard InChI is InChI=1S/C19H15FIN3O5S/c20-16-6-15(3-1-12(16)7-22)29-18-9-24(10-19(18,26)11-25)30(27,28)17-4-2-14(21)5-13(17)8-23/h1-6,18,25-26H,9-11H2/t18-,19+/m0/s1. The molecule has 2 aromatic carbocycles. The van der Waals surface area contributed by atoms with Crippen molar-refractivity contribution in [2.45, 2.75) is 16.6 Å². The number of hydrogen-bond donors (Lipinski definition) is 2. The van der Waals surface area contributed by atoms with E-state index in [-0.39, 0.29) is 28.3 Å². The van der Waals surface area contributed by atoms with Gasteiger partial charge in [-0.2, -0.15) is 14.8 Å². The molecule has 0 bridgehead atoms. The molecule has 0 spiro atoms. The van der Waals surface area contributed by atoms with Crippen molar-refractivity contribution in [1.29, 1.82) is 10.5 Å². The predicted octanol–water partition coefficient (Wildman–Crippen LogP) is 1.35. The van der Waals surface area contributed by atoms with Gasteiger partial charge in [-0.1, -0.05) is 0 Å². The molecule has 2 aromatic rings. The molecular formula is C19H15FIN3O5S. The van der Waals surface area contributed by atoms with Gasteiger partial charge in [0.1, 0.15) is 40.3 Å². The normalized spacial score (nSPS) is 21.7. The fourth-order valence-corrected chi connectivity index (χ4v) is 5.20. The minimum atomic E-state index is -4.18. The van der Waals surface area contributed by atoms with Crippen LogP contribution in [0.4, 0.5) is 4.39 Å². The average molecular weight is 543 g/mol. The van der Waals surface area contributed by atoms with E-state index in [4.69, 9.17) is 10.00 Å². The molecule has 156 valence electrons. The van der Waals surface area contributed by atoms with Crippen LogP contribution in [0.1, 0.15) is 11.1 Å². The molecule has 2 N–H and O–H groups in total. The van der Waals surface area contributed by atoms with Crippen LogP contribution < -0.4 is 4.74 Å². The second kappa shape index (κ2) is 8.45. The number of aliphatic hydroxyl groups excluding tert-OH is 1. The molecule has 0 aliphatic carbocycles. The van der Waals surface area contributed by atoms with Gasteiger partial charge < -0.3 is 14.9 Å². The zero-order valence-corrected chi connectivity index (χ0v) is 18.3. The second-order valence-corrected chi connectivity index (χ2v) is 9.82. The quantitative estimate of drug-likeness (QED) is 0.544. The SMILES string of the molecule is N#Cc1ccc(O[C@H]2CN(S(=O)(=O)c3ccc(I)cc3C#N)C[C@@]2(O)CO)cc1F. The molecule has 1 saturated heterocycles. The maximum Gasteiger partial charge on any atom is 0.244 e. The molecule has 3 rings (SSSR count). The molecule has 11 heteroatoms. The Morgan fingerprint density at radius 1 is 1.23 bits per heavy atom. The maximum absolute atomic E-state index is 13.9. The Morgan fingerprint density at radius 3 is 2.53 bits per heavy atom. The molecular weight excluding hydrogens is 528 g/mol. The van der Waals surface area contributed by atoms with E-state index in [0.717, 1.165) is 10.4 Å². The summed E-state index contributed by atoms with van der Waals surface area (Å²) < 4.78 is 47.2. The first-order valence-corrected chi connectivity index (χ1v) is 11.1. The largest absolute Gasteiger partial charge is 0.486 e. The lowest BCUT2D eigenvalue weighted by atomic mass is 10.0. The predicted molar refractivity (Wildman–Crippen MR) is 110 cm³/mol. The van der Waals surface area contributed by atoms with E-state index in [1.165, 1.54) is 30.3 Å². The van der Waals surface area contributed by atoms with Crippen LogP contribution in [0.25, 0.3) is 0 Å². The van der Waals surface area contributed by atoms with Crippen LogP contribution in [0.3, 0.4) is 0 Å². The Labute approximate surface area is 185 Å². The van der Waals surface area contributed by atoms with Crippen molar-refractivity contribution < 1.29 is 27.8 Å². The first kappa shape index (κ1) is 22.4. The van der Waals surface area contributed by atoms with Crippen LogP contribution in [-0.2, 0) is 10.0 Å². The number of β-amino-alcohol motifs (C(OH)–C–C–N with tert-alkyl or cyclic N) is 1. The van der Waals surface area contributed by atoms with Crippen molar-refractivity contribution in [2.24, 2.45) is 0 Å². The summed E-state index contributed by atoms with van der Waals surface area (Å²) in [5.74, 6) is -0.864. The molecule has 8 nitrogen and oxygen atoms in total. The number of halogens is 2. The summed E-state index contributed by atoms with van der Waals surface area (Å²) in [6.45, 7) is -1.62. The zero-order valence-electron chi connectivity index (χ0n) is 15.3. The highest BCUT2D eigenvalue weighted by Gasteiger charge is 2.51. The lowest BCUT2D eigenvalue weighted by molar-refractivity contribution is -0.0641. The summed E-state index contributed by atoms with van der Waals surface area (Å²) in [7, 11) is -4.18. The third-order valence-electron chi connectivity index (χ3n) is 4.71. The fourth-order valence-electron chi connectivity index (χ4n) is 3.09. The van der Waals surface area contributed by atoms with Crippen molar-refractivity contribution in [3.05, 3.63) is 56.9 Å². The lowest BCUT2D eigenvalue weighted by Crippen LogP contribution is -2.48. The molecule has 30 heavy (non-hydrogen) atoms. The van der Waals surface area contributed by atoms with Gasteiger partial charge in [0.2, 0.25) is 10.0 Å². The second-order valence-electron chi connectivity index (χ2n) is 6.67. The number of benzene rings is 2.